The number of fused-ring (bicyclic) bond motifs is 1. The zero-order chi connectivity index (χ0) is 10.8. The van der Waals surface area contributed by atoms with Gasteiger partial charge in [0.1, 0.15) is 5.82 Å². The molecule has 0 aliphatic carbocycles. The summed E-state index contributed by atoms with van der Waals surface area (Å²) in [6.07, 6.45) is -0.207. The third-order valence-electron chi connectivity index (χ3n) is 2.64. The van der Waals surface area contributed by atoms with E-state index in [1.54, 1.807) is 6.07 Å². The monoisotopic (exact) mass is 204 g/mol. The number of hydrogen-bond donors (Lipinski definition) is 1. The van der Waals surface area contributed by atoms with Gasteiger partial charge in [0.25, 0.3) is 0 Å². The van der Waals surface area contributed by atoms with Crippen molar-refractivity contribution in [2.24, 2.45) is 0 Å². The summed E-state index contributed by atoms with van der Waals surface area (Å²) in [6.45, 7) is 1.84. The highest BCUT2D eigenvalue weighted by Gasteiger charge is 2.14. The van der Waals surface area contributed by atoms with Gasteiger partial charge in [-0.15, -0.1) is 0 Å². The average Bonchev–Trinajstić information content (AvgIpc) is 2.28. The van der Waals surface area contributed by atoms with Gasteiger partial charge in [-0.25, -0.2) is 4.39 Å². The summed E-state index contributed by atoms with van der Waals surface area (Å²) < 4.78 is 13.6. The second kappa shape index (κ2) is 3.99. The number of aliphatic hydroxyl groups excluding tert-OH is 1. The topological polar surface area (TPSA) is 20.2 Å². The van der Waals surface area contributed by atoms with Crippen LogP contribution in [0.1, 0.15) is 25.0 Å². The summed E-state index contributed by atoms with van der Waals surface area (Å²) >= 11 is 0. The maximum absolute atomic E-state index is 13.6. The van der Waals surface area contributed by atoms with Crippen molar-refractivity contribution in [3.63, 3.8) is 0 Å². The smallest absolute Gasteiger partial charge is 0.129 e. The van der Waals surface area contributed by atoms with Crippen LogP contribution in [-0.2, 0) is 0 Å². The van der Waals surface area contributed by atoms with Crippen LogP contribution >= 0.6 is 0 Å². The Balaban J connectivity index is 2.74. The molecule has 0 saturated carbocycles. The maximum atomic E-state index is 13.6. The molecule has 1 atom stereocenters. The zero-order valence-corrected chi connectivity index (χ0v) is 8.57. The standard InChI is InChI=1S/C13H13FO/c1-2-12(15)13-10-6-4-3-5-9(10)7-8-11(13)14/h3-8,12,15H,2H2,1H3. The quantitative estimate of drug-likeness (QED) is 0.794. The highest BCUT2D eigenvalue weighted by molar-refractivity contribution is 5.86. The predicted molar refractivity (Wildman–Crippen MR) is 59.2 cm³/mol. The van der Waals surface area contributed by atoms with Crippen LogP contribution in [0.2, 0.25) is 0 Å². The predicted octanol–water partition coefficient (Wildman–Crippen LogP) is 3.42. The van der Waals surface area contributed by atoms with E-state index in [2.05, 4.69) is 0 Å². The number of rotatable bonds is 2. The van der Waals surface area contributed by atoms with Crippen molar-refractivity contribution in [1.29, 1.82) is 0 Å². The van der Waals surface area contributed by atoms with Gasteiger partial charge in [0.05, 0.1) is 6.10 Å². The second-order valence-corrected chi connectivity index (χ2v) is 3.61. The fraction of sp³-hybridized carbons (Fsp3) is 0.231. The molecule has 15 heavy (non-hydrogen) atoms. The normalized spacial score (nSPS) is 13.0. The molecular formula is C13H13FO. The van der Waals surface area contributed by atoms with Crippen LogP contribution in [0.5, 0.6) is 0 Å². The Hall–Kier alpha value is -1.41. The molecule has 0 aromatic heterocycles. The van der Waals surface area contributed by atoms with Gasteiger partial charge in [-0.05, 0) is 23.3 Å². The molecule has 0 fully saturated rings. The van der Waals surface area contributed by atoms with Crippen LogP contribution < -0.4 is 0 Å². The minimum atomic E-state index is -0.726. The van der Waals surface area contributed by atoms with Gasteiger partial charge in [0.2, 0.25) is 0 Å². The zero-order valence-electron chi connectivity index (χ0n) is 8.57. The largest absolute Gasteiger partial charge is 0.388 e. The molecule has 0 aliphatic heterocycles. The summed E-state index contributed by atoms with van der Waals surface area (Å²) in [4.78, 5) is 0. The molecule has 78 valence electrons. The van der Waals surface area contributed by atoms with E-state index in [4.69, 9.17) is 0 Å². The van der Waals surface area contributed by atoms with Gasteiger partial charge in [0, 0.05) is 5.56 Å². The number of halogens is 1. The van der Waals surface area contributed by atoms with Crippen molar-refractivity contribution in [3.05, 3.63) is 47.8 Å². The SMILES string of the molecule is CCC(O)c1c(F)ccc2ccccc12. The first-order chi connectivity index (χ1) is 7.24. The first-order valence-corrected chi connectivity index (χ1v) is 5.09. The summed E-state index contributed by atoms with van der Waals surface area (Å²) in [5, 5.41) is 11.5. The first-order valence-electron chi connectivity index (χ1n) is 5.09. The van der Waals surface area contributed by atoms with Crippen LogP contribution in [0.4, 0.5) is 4.39 Å². The lowest BCUT2D eigenvalue weighted by Crippen LogP contribution is -2.00. The van der Waals surface area contributed by atoms with Gasteiger partial charge in [-0.2, -0.15) is 0 Å². The first kappa shape index (κ1) is 10.1. The maximum Gasteiger partial charge on any atom is 0.129 e. The highest BCUT2D eigenvalue weighted by Crippen LogP contribution is 2.28. The molecule has 2 aromatic rings. The van der Waals surface area contributed by atoms with E-state index in [1.807, 2.05) is 31.2 Å². The molecule has 2 aromatic carbocycles. The Morgan fingerprint density at radius 3 is 2.67 bits per heavy atom. The lowest BCUT2D eigenvalue weighted by molar-refractivity contribution is 0.170. The highest BCUT2D eigenvalue weighted by atomic mass is 19.1. The van der Waals surface area contributed by atoms with Crippen LogP contribution in [0.3, 0.4) is 0 Å². The van der Waals surface area contributed by atoms with Gasteiger partial charge in [-0.3, -0.25) is 0 Å². The van der Waals surface area contributed by atoms with Crippen molar-refractivity contribution in [2.45, 2.75) is 19.4 Å². The minimum Gasteiger partial charge on any atom is -0.388 e. The van der Waals surface area contributed by atoms with Gasteiger partial charge >= 0.3 is 0 Å². The Morgan fingerprint density at radius 1 is 1.20 bits per heavy atom. The van der Waals surface area contributed by atoms with Crippen molar-refractivity contribution < 1.29 is 9.50 Å². The van der Waals surface area contributed by atoms with Crippen molar-refractivity contribution in [1.82, 2.24) is 0 Å². The second-order valence-electron chi connectivity index (χ2n) is 3.61. The van der Waals surface area contributed by atoms with Crippen molar-refractivity contribution >= 4 is 10.8 Å². The molecule has 0 radical (unpaired) electrons. The summed E-state index contributed by atoms with van der Waals surface area (Å²) in [5.41, 5.74) is 0.413. The molecule has 2 rings (SSSR count). The lowest BCUT2D eigenvalue weighted by atomic mass is 9.98. The molecule has 0 spiro atoms. The number of aliphatic hydroxyl groups is 1. The fourth-order valence-corrected chi connectivity index (χ4v) is 1.81. The van der Waals surface area contributed by atoms with E-state index in [0.717, 1.165) is 10.8 Å². The van der Waals surface area contributed by atoms with Crippen LogP contribution in [0, 0.1) is 5.82 Å². The Morgan fingerprint density at radius 2 is 1.93 bits per heavy atom. The molecule has 1 nitrogen and oxygen atoms in total. The van der Waals surface area contributed by atoms with Crippen molar-refractivity contribution in [3.8, 4) is 0 Å². The number of benzene rings is 2. The van der Waals surface area contributed by atoms with E-state index in [0.29, 0.717) is 12.0 Å². The molecule has 0 bridgehead atoms. The van der Waals surface area contributed by atoms with E-state index < -0.39 is 6.10 Å². The Bertz CT molecular complexity index is 479. The third-order valence-corrected chi connectivity index (χ3v) is 2.64. The third kappa shape index (κ3) is 1.73. The Kier molecular flexibility index (Phi) is 2.69. The van der Waals surface area contributed by atoms with Crippen LogP contribution in [0.25, 0.3) is 10.8 Å². The average molecular weight is 204 g/mol. The molecule has 0 amide bonds. The minimum absolute atomic E-state index is 0.331. The van der Waals surface area contributed by atoms with E-state index >= 15 is 0 Å². The van der Waals surface area contributed by atoms with Gasteiger partial charge < -0.3 is 5.11 Å². The van der Waals surface area contributed by atoms with E-state index in [1.165, 1.54) is 6.07 Å². The van der Waals surface area contributed by atoms with Crippen LogP contribution in [0.15, 0.2) is 36.4 Å². The van der Waals surface area contributed by atoms with E-state index in [-0.39, 0.29) is 5.82 Å². The Labute approximate surface area is 88.2 Å². The molecule has 1 unspecified atom stereocenters. The summed E-state index contributed by atoms with van der Waals surface area (Å²) in [5.74, 6) is -0.331. The fourth-order valence-electron chi connectivity index (χ4n) is 1.81. The lowest BCUT2D eigenvalue weighted by Gasteiger charge is -2.12. The molecular weight excluding hydrogens is 191 g/mol. The molecule has 0 saturated heterocycles. The molecule has 2 heteroatoms. The van der Waals surface area contributed by atoms with Crippen molar-refractivity contribution in [2.75, 3.05) is 0 Å². The summed E-state index contributed by atoms with van der Waals surface area (Å²) in [7, 11) is 0. The molecule has 0 heterocycles. The van der Waals surface area contributed by atoms with E-state index in [9.17, 15) is 9.50 Å². The summed E-state index contributed by atoms with van der Waals surface area (Å²) in [6, 6.07) is 10.7. The van der Waals surface area contributed by atoms with Crippen LogP contribution in [-0.4, -0.2) is 5.11 Å². The number of hydrogen-bond acceptors (Lipinski definition) is 1. The molecule has 1 N–H and O–H groups in total. The van der Waals surface area contributed by atoms with Gasteiger partial charge in [-0.1, -0.05) is 37.3 Å². The molecule has 0 aliphatic rings. The van der Waals surface area contributed by atoms with Gasteiger partial charge in [0.15, 0.2) is 0 Å².